The van der Waals surface area contributed by atoms with E-state index >= 15 is 0 Å². The number of rotatable bonds is 6. The van der Waals surface area contributed by atoms with E-state index < -0.39 is 5.97 Å². The van der Waals surface area contributed by atoms with Crippen molar-refractivity contribution in [3.05, 3.63) is 30.1 Å². The minimum absolute atomic E-state index is 0.0157. The first-order chi connectivity index (χ1) is 8.50. The second-order valence-electron chi connectivity index (χ2n) is 5.70. The fourth-order valence-electron chi connectivity index (χ4n) is 2.21. The standard InChI is InChI=1S/C14H20N2O2/c1-14(2,11-4-3-5-15-8-11)9-16-7-10-6-12(10)13(17)18/h3-5,8,10,12,16H,6-7,9H2,1-2H3,(H,17,18). The minimum atomic E-state index is -0.659. The van der Waals surface area contributed by atoms with Gasteiger partial charge in [0, 0.05) is 24.4 Å². The molecule has 2 unspecified atom stereocenters. The summed E-state index contributed by atoms with van der Waals surface area (Å²) < 4.78 is 0. The van der Waals surface area contributed by atoms with Crippen LogP contribution in [-0.4, -0.2) is 29.1 Å². The second-order valence-corrected chi connectivity index (χ2v) is 5.70. The Morgan fingerprint density at radius 2 is 2.39 bits per heavy atom. The average Bonchev–Trinajstić information content (AvgIpc) is 3.10. The van der Waals surface area contributed by atoms with Crippen molar-refractivity contribution < 1.29 is 9.90 Å². The number of aliphatic carboxylic acids is 1. The van der Waals surface area contributed by atoms with Gasteiger partial charge in [-0.15, -0.1) is 0 Å². The second kappa shape index (κ2) is 5.06. The SMILES string of the molecule is CC(C)(CNCC1CC1C(=O)O)c1cccnc1. The molecule has 0 aromatic carbocycles. The van der Waals surface area contributed by atoms with Crippen LogP contribution in [0.5, 0.6) is 0 Å². The zero-order valence-corrected chi connectivity index (χ0v) is 10.9. The molecule has 1 fully saturated rings. The largest absolute Gasteiger partial charge is 0.481 e. The Morgan fingerprint density at radius 1 is 1.61 bits per heavy atom. The first-order valence-electron chi connectivity index (χ1n) is 6.35. The van der Waals surface area contributed by atoms with E-state index in [0.717, 1.165) is 19.5 Å². The van der Waals surface area contributed by atoms with Gasteiger partial charge in [0.05, 0.1) is 5.92 Å². The normalized spacial score (nSPS) is 22.8. The highest BCUT2D eigenvalue weighted by molar-refractivity contribution is 5.73. The first-order valence-corrected chi connectivity index (χ1v) is 6.35. The van der Waals surface area contributed by atoms with Crippen LogP contribution < -0.4 is 5.32 Å². The number of carbonyl (C=O) groups is 1. The lowest BCUT2D eigenvalue weighted by molar-refractivity contribution is -0.138. The molecule has 1 saturated carbocycles. The van der Waals surface area contributed by atoms with Crippen molar-refractivity contribution in [2.45, 2.75) is 25.7 Å². The van der Waals surface area contributed by atoms with E-state index in [1.54, 1.807) is 6.20 Å². The molecule has 1 aromatic rings. The average molecular weight is 248 g/mol. The molecule has 0 spiro atoms. The molecule has 0 amide bonds. The van der Waals surface area contributed by atoms with Crippen molar-refractivity contribution in [1.82, 2.24) is 10.3 Å². The van der Waals surface area contributed by atoms with Gasteiger partial charge < -0.3 is 10.4 Å². The van der Waals surface area contributed by atoms with Crippen molar-refractivity contribution >= 4 is 5.97 Å². The fraction of sp³-hybridized carbons (Fsp3) is 0.571. The summed E-state index contributed by atoms with van der Waals surface area (Å²) in [4.78, 5) is 14.9. The Labute approximate surface area is 107 Å². The molecule has 4 heteroatoms. The number of pyridine rings is 1. The Morgan fingerprint density at radius 3 is 2.94 bits per heavy atom. The van der Waals surface area contributed by atoms with Gasteiger partial charge in [0.25, 0.3) is 0 Å². The molecule has 0 aliphatic heterocycles. The predicted octanol–water partition coefficient (Wildman–Crippen LogP) is 1.67. The number of aromatic nitrogens is 1. The third-order valence-corrected chi connectivity index (χ3v) is 3.66. The molecule has 0 radical (unpaired) electrons. The summed E-state index contributed by atoms with van der Waals surface area (Å²) in [5, 5.41) is 12.2. The summed E-state index contributed by atoms with van der Waals surface area (Å²) in [7, 11) is 0. The van der Waals surface area contributed by atoms with Crippen LogP contribution in [0.4, 0.5) is 0 Å². The van der Waals surface area contributed by atoms with E-state index in [4.69, 9.17) is 5.11 Å². The minimum Gasteiger partial charge on any atom is -0.481 e. The number of hydrogen-bond acceptors (Lipinski definition) is 3. The monoisotopic (exact) mass is 248 g/mol. The molecule has 1 aliphatic rings. The van der Waals surface area contributed by atoms with Crippen molar-refractivity contribution in [2.24, 2.45) is 11.8 Å². The number of carboxylic acids is 1. The van der Waals surface area contributed by atoms with E-state index in [9.17, 15) is 4.79 Å². The van der Waals surface area contributed by atoms with Crippen LogP contribution in [0, 0.1) is 11.8 Å². The van der Waals surface area contributed by atoms with Gasteiger partial charge in [0.2, 0.25) is 0 Å². The molecule has 1 aliphatic carbocycles. The Hall–Kier alpha value is -1.42. The maximum atomic E-state index is 10.7. The van der Waals surface area contributed by atoms with Crippen LogP contribution in [0.25, 0.3) is 0 Å². The Bertz CT molecular complexity index is 417. The first kappa shape index (κ1) is 13.0. The molecular weight excluding hydrogens is 228 g/mol. The maximum Gasteiger partial charge on any atom is 0.306 e. The summed E-state index contributed by atoms with van der Waals surface area (Å²) in [6.45, 7) is 5.96. The highest BCUT2D eigenvalue weighted by Crippen LogP contribution is 2.38. The molecule has 2 rings (SSSR count). The summed E-state index contributed by atoms with van der Waals surface area (Å²) in [5.41, 5.74) is 1.21. The van der Waals surface area contributed by atoms with E-state index in [1.165, 1.54) is 5.56 Å². The van der Waals surface area contributed by atoms with E-state index in [0.29, 0.717) is 5.92 Å². The molecule has 1 aromatic heterocycles. The van der Waals surface area contributed by atoms with Crippen molar-refractivity contribution in [2.75, 3.05) is 13.1 Å². The van der Waals surface area contributed by atoms with Gasteiger partial charge in [0.15, 0.2) is 0 Å². The zero-order valence-electron chi connectivity index (χ0n) is 10.9. The fourth-order valence-corrected chi connectivity index (χ4v) is 2.21. The molecular formula is C14H20N2O2. The van der Waals surface area contributed by atoms with E-state index in [1.807, 2.05) is 12.3 Å². The van der Waals surface area contributed by atoms with Crippen LogP contribution in [-0.2, 0) is 10.2 Å². The summed E-state index contributed by atoms with van der Waals surface area (Å²) in [6, 6.07) is 4.02. The lowest BCUT2D eigenvalue weighted by Crippen LogP contribution is -2.34. The van der Waals surface area contributed by atoms with Gasteiger partial charge in [-0.25, -0.2) is 0 Å². The molecule has 98 valence electrons. The molecule has 18 heavy (non-hydrogen) atoms. The lowest BCUT2D eigenvalue weighted by atomic mass is 9.85. The number of hydrogen-bond donors (Lipinski definition) is 2. The topological polar surface area (TPSA) is 62.2 Å². The number of carboxylic acid groups (broad SMARTS) is 1. The Balaban J connectivity index is 1.78. The highest BCUT2D eigenvalue weighted by Gasteiger charge is 2.42. The molecule has 0 bridgehead atoms. The third-order valence-electron chi connectivity index (χ3n) is 3.66. The molecule has 2 N–H and O–H groups in total. The van der Waals surface area contributed by atoms with Crippen LogP contribution in [0.3, 0.4) is 0 Å². The third kappa shape index (κ3) is 3.07. The molecule has 1 heterocycles. The van der Waals surface area contributed by atoms with E-state index in [-0.39, 0.29) is 11.3 Å². The van der Waals surface area contributed by atoms with Crippen molar-refractivity contribution in [3.63, 3.8) is 0 Å². The van der Waals surface area contributed by atoms with Crippen LogP contribution in [0.1, 0.15) is 25.8 Å². The molecule has 2 atom stereocenters. The smallest absolute Gasteiger partial charge is 0.306 e. The number of nitrogens with one attached hydrogen (secondary N) is 1. The number of nitrogens with zero attached hydrogens (tertiary/aromatic N) is 1. The lowest BCUT2D eigenvalue weighted by Gasteiger charge is -2.25. The van der Waals surface area contributed by atoms with Crippen molar-refractivity contribution in [1.29, 1.82) is 0 Å². The van der Waals surface area contributed by atoms with Gasteiger partial charge in [-0.3, -0.25) is 9.78 Å². The van der Waals surface area contributed by atoms with Crippen LogP contribution in [0.2, 0.25) is 0 Å². The molecule has 0 saturated heterocycles. The maximum absolute atomic E-state index is 10.7. The molecule has 4 nitrogen and oxygen atoms in total. The van der Waals surface area contributed by atoms with Gasteiger partial charge in [-0.1, -0.05) is 19.9 Å². The summed E-state index contributed by atoms with van der Waals surface area (Å²) in [5.74, 6) is -0.473. The van der Waals surface area contributed by atoms with Crippen molar-refractivity contribution in [3.8, 4) is 0 Å². The van der Waals surface area contributed by atoms with Gasteiger partial charge in [0.1, 0.15) is 0 Å². The summed E-state index contributed by atoms with van der Waals surface area (Å²) in [6.07, 6.45) is 4.48. The Kier molecular flexibility index (Phi) is 3.66. The van der Waals surface area contributed by atoms with Crippen LogP contribution >= 0.6 is 0 Å². The van der Waals surface area contributed by atoms with Gasteiger partial charge in [-0.05, 0) is 30.5 Å². The predicted molar refractivity (Wildman–Crippen MR) is 69.4 cm³/mol. The van der Waals surface area contributed by atoms with Gasteiger partial charge in [-0.2, -0.15) is 0 Å². The van der Waals surface area contributed by atoms with Gasteiger partial charge >= 0.3 is 5.97 Å². The van der Waals surface area contributed by atoms with Crippen LogP contribution in [0.15, 0.2) is 24.5 Å². The zero-order chi connectivity index (χ0) is 13.2. The summed E-state index contributed by atoms with van der Waals surface area (Å²) >= 11 is 0. The highest BCUT2D eigenvalue weighted by atomic mass is 16.4. The quantitative estimate of drug-likeness (QED) is 0.804. The van der Waals surface area contributed by atoms with E-state index in [2.05, 4.69) is 30.2 Å².